The van der Waals surface area contributed by atoms with Crippen molar-refractivity contribution in [2.24, 2.45) is 0 Å². The number of piperazine rings is 1. The van der Waals surface area contributed by atoms with Gasteiger partial charge in [0.05, 0.1) is 16.6 Å². The number of hydrogen-bond donors (Lipinski definition) is 1. The number of hydrogen-bond acceptors (Lipinski definition) is 5. The third-order valence-electron chi connectivity index (χ3n) is 5.93. The van der Waals surface area contributed by atoms with Crippen molar-refractivity contribution < 1.29 is 21.6 Å². The molecular formula is C25H26F3N3O2S. The zero-order chi connectivity index (χ0) is 24.3. The van der Waals surface area contributed by atoms with Gasteiger partial charge in [0.15, 0.2) is 9.84 Å². The molecule has 0 aliphatic carbocycles. The molecule has 0 amide bonds. The normalized spacial score (nSPS) is 15.5. The molecule has 9 heteroatoms. The molecule has 1 N–H and O–H groups in total. The largest absolute Gasteiger partial charge is 0.460 e. The Morgan fingerprint density at radius 3 is 1.82 bits per heavy atom. The maximum Gasteiger partial charge on any atom is 0.460 e. The van der Waals surface area contributed by atoms with Crippen LogP contribution in [0.25, 0.3) is 0 Å². The van der Waals surface area contributed by atoms with Crippen LogP contribution in [0.5, 0.6) is 0 Å². The quantitative estimate of drug-likeness (QED) is 0.498. The third kappa shape index (κ3) is 5.53. The van der Waals surface area contributed by atoms with Crippen LogP contribution < -0.4 is 10.2 Å². The second-order valence-electron chi connectivity index (χ2n) is 8.29. The number of sulfone groups is 1. The lowest BCUT2D eigenvalue weighted by Crippen LogP contribution is -2.51. The molecule has 3 aromatic carbocycles. The van der Waals surface area contributed by atoms with Gasteiger partial charge in [0.1, 0.15) is 0 Å². The lowest BCUT2D eigenvalue weighted by atomic mass is 9.98. The summed E-state index contributed by atoms with van der Waals surface area (Å²) in [6.45, 7) is 0.101. The summed E-state index contributed by atoms with van der Waals surface area (Å²) < 4.78 is 64.2. The molecule has 1 heterocycles. The first-order valence-electron chi connectivity index (χ1n) is 10.9. The lowest BCUT2D eigenvalue weighted by Gasteiger charge is -2.37. The predicted octanol–water partition coefficient (Wildman–Crippen LogP) is 4.93. The maximum absolute atomic E-state index is 13.0. The molecule has 1 fully saturated rings. The summed E-state index contributed by atoms with van der Waals surface area (Å²) in [5.74, 6) is 0. The number of alkyl halides is 3. The molecule has 4 rings (SSSR count). The van der Waals surface area contributed by atoms with Crippen LogP contribution in [-0.4, -0.2) is 52.1 Å². The standard InChI is InChI=1S/C25H26F3N3O2S/c1-34(32,33)23-13-12-21(30-14-16-31(17-15-30)25(26,27)28)18-22(23)29-24(19-8-4-2-5-9-19)20-10-6-3-7-11-20/h2-13,18,24,29H,14-17H2,1H3. The molecule has 0 spiro atoms. The van der Waals surface area contributed by atoms with Crippen molar-refractivity contribution in [2.75, 3.05) is 42.7 Å². The average molecular weight is 490 g/mol. The Morgan fingerprint density at radius 2 is 1.35 bits per heavy atom. The van der Waals surface area contributed by atoms with Gasteiger partial charge in [-0.15, -0.1) is 0 Å². The van der Waals surface area contributed by atoms with Crippen molar-refractivity contribution in [1.82, 2.24) is 4.90 Å². The summed E-state index contributed by atoms with van der Waals surface area (Å²) in [6.07, 6.45) is -3.20. The van der Waals surface area contributed by atoms with E-state index >= 15 is 0 Å². The molecule has 0 aromatic heterocycles. The summed E-state index contributed by atoms with van der Waals surface area (Å²) in [5.41, 5.74) is 3.00. The molecule has 1 saturated heterocycles. The van der Waals surface area contributed by atoms with E-state index < -0.39 is 16.1 Å². The highest BCUT2D eigenvalue weighted by atomic mass is 32.2. The fourth-order valence-electron chi connectivity index (χ4n) is 4.17. The van der Waals surface area contributed by atoms with Crippen LogP contribution in [0.1, 0.15) is 17.2 Å². The van der Waals surface area contributed by atoms with E-state index in [2.05, 4.69) is 5.32 Å². The Bertz CT molecular complexity index is 1170. The van der Waals surface area contributed by atoms with Crippen molar-refractivity contribution >= 4 is 21.2 Å². The Balaban J connectivity index is 1.69. The van der Waals surface area contributed by atoms with Gasteiger partial charge in [0.25, 0.3) is 0 Å². The van der Waals surface area contributed by atoms with Crippen LogP contribution in [0.4, 0.5) is 24.5 Å². The first-order valence-corrected chi connectivity index (χ1v) is 12.8. The van der Waals surface area contributed by atoms with Gasteiger partial charge in [-0.2, -0.15) is 13.2 Å². The molecule has 3 aromatic rings. The Morgan fingerprint density at radius 1 is 0.824 bits per heavy atom. The van der Waals surface area contributed by atoms with E-state index in [9.17, 15) is 21.6 Å². The highest BCUT2D eigenvalue weighted by Crippen LogP contribution is 2.34. The van der Waals surface area contributed by atoms with Crippen LogP contribution in [0.15, 0.2) is 83.8 Å². The number of nitrogens with zero attached hydrogens (tertiary/aromatic N) is 2. The molecule has 0 atom stereocenters. The van der Waals surface area contributed by atoms with E-state index in [1.165, 1.54) is 6.07 Å². The number of anilines is 2. The van der Waals surface area contributed by atoms with Crippen molar-refractivity contribution in [2.45, 2.75) is 17.2 Å². The molecular weight excluding hydrogens is 463 g/mol. The Hall–Kier alpha value is -3.04. The molecule has 1 aliphatic rings. The van der Waals surface area contributed by atoms with E-state index in [-0.39, 0.29) is 37.1 Å². The Kier molecular flexibility index (Phi) is 6.86. The number of benzene rings is 3. The molecule has 1 aliphatic heterocycles. The van der Waals surface area contributed by atoms with E-state index in [1.807, 2.05) is 65.6 Å². The van der Waals surface area contributed by atoms with E-state index in [1.54, 1.807) is 12.1 Å². The van der Waals surface area contributed by atoms with Gasteiger partial charge in [-0.3, -0.25) is 0 Å². The molecule has 34 heavy (non-hydrogen) atoms. The van der Waals surface area contributed by atoms with Crippen LogP contribution in [-0.2, 0) is 9.84 Å². The van der Waals surface area contributed by atoms with Gasteiger partial charge in [-0.05, 0) is 29.3 Å². The van der Waals surface area contributed by atoms with Gasteiger partial charge in [0.2, 0.25) is 0 Å². The van der Waals surface area contributed by atoms with Crippen LogP contribution in [0, 0.1) is 0 Å². The number of rotatable bonds is 6. The summed E-state index contributed by atoms with van der Waals surface area (Å²) in [5, 5.41) is 3.40. The molecule has 0 unspecified atom stereocenters. The minimum absolute atomic E-state index is 0.141. The number of nitrogens with one attached hydrogen (secondary N) is 1. The monoisotopic (exact) mass is 489 g/mol. The highest BCUT2D eigenvalue weighted by molar-refractivity contribution is 7.90. The zero-order valence-electron chi connectivity index (χ0n) is 18.7. The minimum atomic E-state index is -4.35. The summed E-state index contributed by atoms with van der Waals surface area (Å²) in [6, 6.07) is 23.9. The first kappa shape index (κ1) is 24.1. The van der Waals surface area contributed by atoms with Gasteiger partial charge in [-0.25, -0.2) is 13.3 Å². The van der Waals surface area contributed by atoms with Crippen molar-refractivity contribution in [1.29, 1.82) is 0 Å². The van der Waals surface area contributed by atoms with Crippen LogP contribution >= 0.6 is 0 Å². The second kappa shape index (κ2) is 9.68. The molecule has 0 radical (unpaired) electrons. The lowest BCUT2D eigenvalue weighted by molar-refractivity contribution is -0.246. The van der Waals surface area contributed by atoms with E-state index in [4.69, 9.17) is 0 Å². The second-order valence-corrected chi connectivity index (χ2v) is 10.3. The van der Waals surface area contributed by atoms with Gasteiger partial charge >= 0.3 is 6.30 Å². The highest BCUT2D eigenvalue weighted by Gasteiger charge is 2.38. The molecule has 0 bridgehead atoms. The van der Waals surface area contributed by atoms with Crippen LogP contribution in [0.2, 0.25) is 0 Å². The summed E-state index contributed by atoms with van der Waals surface area (Å²) >= 11 is 0. The first-order chi connectivity index (χ1) is 16.1. The average Bonchev–Trinajstić information content (AvgIpc) is 2.82. The van der Waals surface area contributed by atoms with Gasteiger partial charge < -0.3 is 10.2 Å². The topological polar surface area (TPSA) is 52.7 Å². The minimum Gasteiger partial charge on any atom is -0.373 e. The van der Waals surface area contributed by atoms with Gasteiger partial charge in [0, 0.05) is 38.1 Å². The third-order valence-corrected chi connectivity index (χ3v) is 7.09. The summed E-state index contributed by atoms with van der Waals surface area (Å²) in [4.78, 5) is 2.48. The van der Waals surface area contributed by atoms with Crippen molar-refractivity contribution in [3.63, 3.8) is 0 Å². The van der Waals surface area contributed by atoms with Crippen LogP contribution in [0.3, 0.4) is 0 Å². The number of halogens is 3. The van der Waals surface area contributed by atoms with Crippen molar-refractivity contribution in [3.05, 3.63) is 90.0 Å². The van der Waals surface area contributed by atoms with E-state index in [0.717, 1.165) is 17.4 Å². The SMILES string of the molecule is CS(=O)(=O)c1ccc(N2CCN(C(F)(F)F)CC2)cc1NC(c1ccccc1)c1ccccc1. The zero-order valence-corrected chi connectivity index (χ0v) is 19.5. The summed E-state index contributed by atoms with van der Waals surface area (Å²) in [7, 11) is -3.56. The van der Waals surface area contributed by atoms with Gasteiger partial charge in [-0.1, -0.05) is 60.7 Å². The maximum atomic E-state index is 13.0. The Labute approximate surface area is 197 Å². The predicted molar refractivity (Wildman–Crippen MR) is 128 cm³/mol. The van der Waals surface area contributed by atoms with E-state index in [0.29, 0.717) is 16.3 Å². The molecule has 0 saturated carbocycles. The van der Waals surface area contributed by atoms with Crippen molar-refractivity contribution in [3.8, 4) is 0 Å². The fourth-order valence-corrected chi connectivity index (χ4v) is 5.01. The molecule has 5 nitrogen and oxygen atoms in total. The fraction of sp³-hybridized carbons (Fsp3) is 0.280. The smallest absolute Gasteiger partial charge is 0.373 e. The molecule has 180 valence electrons.